The van der Waals surface area contributed by atoms with Gasteiger partial charge in [-0.05, 0) is 32.2 Å². The molecule has 0 fully saturated rings. The quantitative estimate of drug-likeness (QED) is 0.709. The van der Waals surface area contributed by atoms with Gasteiger partial charge in [0.2, 0.25) is 0 Å². The molecule has 0 atom stereocenters. The van der Waals surface area contributed by atoms with E-state index in [0.717, 1.165) is 4.88 Å². The van der Waals surface area contributed by atoms with E-state index in [4.69, 9.17) is 9.47 Å². The molecule has 0 bridgehead atoms. The Kier molecular flexibility index (Phi) is 3.52. The highest BCUT2D eigenvalue weighted by atomic mass is 32.1. The van der Waals surface area contributed by atoms with E-state index in [9.17, 15) is 4.79 Å². The molecule has 0 saturated heterocycles. The molecule has 0 aliphatic heterocycles. The predicted molar refractivity (Wildman–Crippen MR) is 55.3 cm³/mol. The van der Waals surface area contributed by atoms with E-state index >= 15 is 0 Å². The number of ether oxygens (including phenoxy) is 2. The minimum absolute atomic E-state index is 0.284. The number of hydrogen-bond acceptors (Lipinski definition) is 4. The molecule has 78 valence electrons. The Hall–Kier alpha value is -1.03. The van der Waals surface area contributed by atoms with Crippen molar-refractivity contribution in [2.24, 2.45) is 0 Å². The summed E-state index contributed by atoms with van der Waals surface area (Å²) in [6, 6.07) is 3.83. The molecule has 1 rings (SSSR count). The van der Waals surface area contributed by atoms with Crippen LogP contribution in [0.4, 0.5) is 4.79 Å². The number of carbonyl (C=O) groups excluding carboxylic acids is 1. The molecule has 0 spiro atoms. The van der Waals surface area contributed by atoms with Crippen LogP contribution < -0.4 is 0 Å². The Morgan fingerprint density at radius 2 is 2.21 bits per heavy atom. The van der Waals surface area contributed by atoms with Crippen molar-refractivity contribution in [2.75, 3.05) is 0 Å². The lowest BCUT2D eigenvalue weighted by atomic mass is 10.2. The van der Waals surface area contributed by atoms with Crippen LogP contribution in [0.5, 0.6) is 0 Å². The van der Waals surface area contributed by atoms with Crippen molar-refractivity contribution >= 4 is 17.5 Å². The van der Waals surface area contributed by atoms with Gasteiger partial charge in [-0.3, -0.25) is 0 Å². The molecule has 0 amide bonds. The van der Waals surface area contributed by atoms with Crippen molar-refractivity contribution in [1.29, 1.82) is 0 Å². The SMILES string of the molecule is CC(C)(C)OC(=O)OCc1cccs1. The van der Waals surface area contributed by atoms with Gasteiger partial charge in [-0.2, -0.15) is 0 Å². The summed E-state index contributed by atoms with van der Waals surface area (Å²) < 4.78 is 9.89. The van der Waals surface area contributed by atoms with Crippen molar-refractivity contribution in [2.45, 2.75) is 33.0 Å². The van der Waals surface area contributed by atoms with Gasteiger partial charge in [-0.25, -0.2) is 4.79 Å². The summed E-state index contributed by atoms with van der Waals surface area (Å²) in [7, 11) is 0. The Labute approximate surface area is 87.7 Å². The van der Waals surface area contributed by atoms with Crippen molar-refractivity contribution in [1.82, 2.24) is 0 Å². The van der Waals surface area contributed by atoms with Gasteiger partial charge >= 0.3 is 6.16 Å². The topological polar surface area (TPSA) is 35.5 Å². The average Bonchev–Trinajstić information content (AvgIpc) is 2.49. The molecule has 0 unspecified atom stereocenters. The van der Waals surface area contributed by atoms with E-state index in [1.165, 1.54) is 0 Å². The van der Waals surface area contributed by atoms with Gasteiger partial charge in [0.25, 0.3) is 0 Å². The Morgan fingerprint density at radius 1 is 1.50 bits per heavy atom. The van der Waals surface area contributed by atoms with Crippen LogP contribution in [0.15, 0.2) is 17.5 Å². The van der Waals surface area contributed by atoms with E-state index < -0.39 is 11.8 Å². The van der Waals surface area contributed by atoms with Crippen LogP contribution in [0.1, 0.15) is 25.6 Å². The minimum Gasteiger partial charge on any atom is -0.429 e. The molecular weight excluding hydrogens is 200 g/mol. The van der Waals surface area contributed by atoms with Gasteiger partial charge in [0.05, 0.1) is 0 Å². The number of hydrogen-bond donors (Lipinski definition) is 0. The number of thiophene rings is 1. The first-order valence-corrected chi connectivity index (χ1v) is 5.23. The van der Waals surface area contributed by atoms with Gasteiger partial charge in [0.15, 0.2) is 0 Å². The summed E-state index contributed by atoms with van der Waals surface area (Å²) in [5.74, 6) is 0. The van der Waals surface area contributed by atoms with Crippen LogP contribution in [0.3, 0.4) is 0 Å². The first kappa shape index (κ1) is 11.0. The van der Waals surface area contributed by atoms with Crippen molar-refractivity contribution < 1.29 is 14.3 Å². The monoisotopic (exact) mass is 214 g/mol. The van der Waals surface area contributed by atoms with Crippen molar-refractivity contribution in [3.63, 3.8) is 0 Å². The first-order chi connectivity index (χ1) is 6.47. The van der Waals surface area contributed by atoms with Crippen molar-refractivity contribution in [3.8, 4) is 0 Å². The van der Waals surface area contributed by atoms with Gasteiger partial charge in [0.1, 0.15) is 12.2 Å². The summed E-state index contributed by atoms with van der Waals surface area (Å²) in [5.41, 5.74) is -0.494. The third-order valence-corrected chi connectivity index (χ3v) is 2.15. The summed E-state index contributed by atoms with van der Waals surface area (Å²) >= 11 is 1.55. The van der Waals surface area contributed by atoms with E-state index in [2.05, 4.69) is 0 Å². The zero-order valence-electron chi connectivity index (χ0n) is 8.57. The molecule has 14 heavy (non-hydrogen) atoms. The molecule has 1 heterocycles. The van der Waals surface area contributed by atoms with Crippen LogP contribution in [0.2, 0.25) is 0 Å². The Bertz CT molecular complexity index is 285. The predicted octanol–water partition coefficient (Wildman–Crippen LogP) is 3.20. The fourth-order valence-electron chi connectivity index (χ4n) is 0.804. The largest absolute Gasteiger partial charge is 0.509 e. The fraction of sp³-hybridized carbons (Fsp3) is 0.500. The van der Waals surface area contributed by atoms with E-state index in [-0.39, 0.29) is 6.61 Å². The van der Waals surface area contributed by atoms with Crippen LogP contribution in [0, 0.1) is 0 Å². The Balaban J connectivity index is 2.29. The van der Waals surface area contributed by atoms with E-state index in [1.807, 2.05) is 17.5 Å². The van der Waals surface area contributed by atoms with Crippen LogP contribution in [-0.2, 0) is 16.1 Å². The molecule has 0 N–H and O–H groups in total. The standard InChI is InChI=1S/C10H14O3S/c1-10(2,3)13-9(11)12-7-8-5-4-6-14-8/h4-6H,7H2,1-3H3. The normalized spacial score (nSPS) is 11.1. The highest BCUT2D eigenvalue weighted by Crippen LogP contribution is 2.12. The fourth-order valence-corrected chi connectivity index (χ4v) is 1.42. The molecular formula is C10H14O3S. The Morgan fingerprint density at radius 3 is 2.71 bits per heavy atom. The molecule has 3 nitrogen and oxygen atoms in total. The van der Waals surface area contributed by atoms with Gasteiger partial charge < -0.3 is 9.47 Å². The molecule has 0 aliphatic carbocycles. The lowest BCUT2D eigenvalue weighted by Gasteiger charge is -2.18. The number of carbonyl (C=O) groups is 1. The maximum atomic E-state index is 11.1. The lowest BCUT2D eigenvalue weighted by molar-refractivity contribution is -0.0103. The van der Waals surface area contributed by atoms with Crippen molar-refractivity contribution in [3.05, 3.63) is 22.4 Å². The zero-order valence-corrected chi connectivity index (χ0v) is 9.39. The summed E-state index contributed by atoms with van der Waals surface area (Å²) in [6.45, 7) is 5.70. The second-order valence-electron chi connectivity index (χ2n) is 3.83. The molecule has 1 aromatic heterocycles. The maximum absolute atomic E-state index is 11.1. The minimum atomic E-state index is -0.620. The molecule has 0 radical (unpaired) electrons. The maximum Gasteiger partial charge on any atom is 0.509 e. The number of rotatable bonds is 2. The van der Waals surface area contributed by atoms with Crippen LogP contribution in [-0.4, -0.2) is 11.8 Å². The molecule has 4 heteroatoms. The van der Waals surface area contributed by atoms with Crippen LogP contribution >= 0.6 is 11.3 Å². The average molecular weight is 214 g/mol. The second-order valence-corrected chi connectivity index (χ2v) is 4.86. The smallest absolute Gasteiger partial charge is 0.429 e. The summed E-state index contributed by atoms with van der Waals surface area (Å²) in [4.78, 5) is 12.1. The third-order valence-electron chi connectivity index (χ3n) is 1.30. The zero-order chi connectivity index (χ0) is 10.6. The van der Waals surface area contributed by atoms with Crippen LogP contribution in [0.25, 0.3) is 0 Å². The van der Waals surface area contributed by atoms with Gasteiger partial charge in [-0.1, -0.05) is 6.07 Å². The first-order valence-electron chi connectivity index (χ1n) is 4.35. The third kappa shape index (κ3) is 4.28. The molecule has 1 aromatic rings. The highest BCUT2D eigenvalue weighted by Gasteiger charge is 2.17. The van der Waals surface area contributed by atoms with E-state index in [0.29, 0.717) is 0 Å². The van der Waals surface area contributed by atoms with Gasteiger partial charge in [0, 0.05) is 4.88 Å². The molecule has 0 aliphatic rings. The lowest BCUT2D eigenvalue weighted by Crippen LogP contribution is -2.24. The summed E-state index contributed by atoms with van der Waals surface area (Å²) in [6.07, 6.45) is -0.620. The van der Waals surface area contributed by atoms with E-state index in [1.54, 1.807) is 32.1 Å². The summed E-state index contributed by atoms with van der Waals surface area (Å²) in [5, 5.41) is 1.94. The molecule has 0 saturated carbocycles. The molecule has 0 aromatic carbocycles. The van der Waals surface area contributed by atoms with Gasteiger partial charge in [-0.15, -0.1) is 11.3 Å². The second kappa shape index (κ2) is 4.46. The highest BCUT2D eigenvalue weighted by molar-refractivity contribution is 7.09.